The maximum absolute atomic E-state index is 11.9. The highest BCUT2D eigenvalue weighted by Crippen LogP contribution is 2.18. The molecular formula is C14H18BrN3O3. The van der Waals surface area contributed by atoms with Gasteiger partial charge in [-0.3, -0.25) is 14.5 Å². The van der Waals surface area contributed by atoms with E-state index in [1.54, 1.807) is 12.3 Å². The Labute approximate surface area is 132 Å². The van der Waals surface area contributed by atoms with Crippen LogP contribution in [0.15, 0.2) is 22.8 Å². The van der Waals surface area contributed by atoms with E-state index in [4.69, 9.17) is 4.74 Å². The van der Waals surface area contributed by atoms with Gasteiger partial charge in [0.2, 0.25) is 5.91 Å². The van der Waals surface area contributed by atoms with E-state index >= 15 is 0 Å². The molecule has 6 nitrogen and oxygen atoms in total. The van der Waals surface area contributed by atoms with Crippen molar-refractivity contribution >= 4 is 33.6 Å². The Morgan fingerprint density at radius 2 is 2.14 bits per heavy atom. The molecule has 21 heavy (non-hydrogen) atoms. The fraction of sp³-hybridized carbons (Fsp3) is 0.500. The normalized spacial score (nSPS) is 16.5. The molecule has 0 saturated carbocycles. The molecule has 1 aromatic rings. The number of piperidine rings is 1. The van der Waals surface area contributed by atoms with Gasteiger partial charge in [-0.2, -0.15) is 0 Å². The topological polar surface area (TPSA) is 71.5 Å². The molecule has 1 fully saturated rings. The molecule has 1 aromatic heterocycles. The second-order valence-corrected chi connectivity index (χ2v) is 5.90. The molecule has 1 aliphatic rings. The lowest BCUT2D eigenvalue weighted by Gasteiger charge is -2.29. The van der Waals surface area contributed by atoms with Crippen molar-refractivity contribution in [2.45, 2.75) is 12.8 Å². The van der Waals surface area contributed by atoms with Crippen LogP contribution in [0.5, 0.6) is 0 Å². The maximum Gasteiger partial charge on any atom is 0.308 e. The molecule has 0 unspecified atom stereocenters. The summed E-state index contributed by atoms with van der Waals surface area (Å²) in [5, 5.41) is 2.76. The lowest BCUT2D eigenvalue weighted by molar-refractivity contribution is -0.147. The third-order valence-corrected chi connectivity index (χ3v) is 3.95. The molecule has 114 valence electrons. The zero-order valence-corrected chi connectivity index (χ0v) is 13.4. The molecule has 2 heterocycles. The van der Waals surface area contributed by atoms with Crippen LogP contribution < -0.4 is 5.32 Å². The SMILES string of the molecule is COC(=O)C1CCN(CC(=O)Nc2ccc(Br)cn2)CC1. The Hall–Kier alpha value is -1.47. The van der Waals surface area contributed by atoms with Gasteiger partial charge in [0.25, 0.3) is 0 Å². The first-order valence-electron chi connectivity index (χ1n) is 6.80. The summed E-state index contributed by atoms with van der Waals surface area (Å²) in [5.74, 6) is 0.245. The molecule has 2 rings (SSSR count). The van der Waals surface area contributed by atoms with Crippen molar-refractivity contribution in [1.29, 1.82) is 0 Å². The highest BCUT2D eigenvalue weighted by atomic mass is 79.9. The first-order valence-corrected chi connectivity index (χ1v) is 7.59. The third-order valence-electron chi connectivity index (χ3n) is 3.48. The lowest BCUT2D eigenvalue weighted by atomic mass is 9.97. The summed E-state index contributed by atoms with van der Waals surface area (Å²) >= 11 is 3.29. The number of carbonyl (C=O) groups excluding carboxylic acids is 2. The molecule has 1 amide bonds. The van der Waals surface area contributed by atoms with E-state index in [1.165, 1.54) is 7.11 Å². The number of aromatic nitrogens is 1. The van der Waals surface area contributed by atoms with Gasteiger partial charge < -0.3 is 10.1 Å². The smallest absolute Gasteiger partial charge is 0.308 e. The molecule has 0 aromatic carbocycles. The molecule has 7 heteroatoms. The summed E-state index contributed by atoms with van der Waals surface area (Å²) in [5.41, 5.74) is 0. The molecule has 0 atom stereocenters. The molecule has 0 bridgehead atoms. The van der Waals surface area contributed by atoms with Gasteiger partial charge in [0, 0.05) is 10.7 Å². The van der Waals surface area contributed by atoms with E-state index in [0.29, 0.717) is 12.4 Å². The van der Waals surface area contributed by atoms with Crippen molar-refractivity contribution < 1.29 is 14.3 Å². The Morgan fingerprint density at radius 1 is 1.43 bits per heavy atom. The number of hydrogen-bond donors (Lipinski definition) is 1. The molecule has 1 saturated heterocycles. The summed E-state index contributed by atoms with van der Waals surface area (Å²) < 4.78 is 5.61. The standard InChI is InChI=1S/C14H18BrN3O3/c1-21-14(20)10-4-6-18(7-5-10)9-13(19)17-12-3-2-11(15)8-16-12/h2-3,8,10H,4-7,9H2,1H3,(H,16,17,19). The largest absolute Gasteiger partial charge is 0.469 e. The maximum atomic E-state index is 11.9. The molecule has 0 radical (unpaired) electrons. The van der Waals surface area contributed by atoms with Gasteiger partial charge in [-0.25, -0.2) is 4.98 Å². The van der Waals surface area contributed by atoms with Crippen molar-refractivity contribution in [2.75, 3.05) is 32.1 Å². The third kappa shape index (κ3) is 4.78. The number of anilines is 1. The van der Waals surface area contributed by atoms with E-state index in [1.807, 2.05) is 11.0 Å². The Balaban J connectivity index is 1.76. The van der Waals surface area contributed by atoms with Gasteiger partial charge in [0.1, 0.15) is 5.82 Å². The van der Waals surface area contributed by atoms with Crippen LogP contribution in [0.25, 0.3) is 0 Å². The van der Waals surface area contributed by atoms with Crippen LogP contribution >= 0.6 is 15.9 Å². The van der Waals surface area contributed by atoms with Crippen LogP contribution in [0, 0.1) is 5.92 Å². The van der Waals surface area contributed by atoms with Crippen LogP contribution in [-0.4, -0.2) is 48.5 Å². The summed E-state index contributed by atoms with van der Waals surface area (Å²) in [7, 11) is 1.41. The molecule has 1 aliphatic heterocycles. The number of methoxy groups -OCH3 is 1. The van der Waals surface area contributed by atoms with Gasteiger partial charge in [0.15, 0.2) is 0 Å². The summed E-state index contributed by atoms with van der Waals surface area (Å²) in [6, 6.07) is 3.57. The van der Waals surface area contributed by atoms with Gasteiger partial charge in [0.05, 0.1) is 19.6 Å². The van der Waals surface area contributed by atoms with E-state index in [2.05, 4.69) is 26.2 Å². The highest BCUT2D eigenvalue weighted by Gasteiger charge is 2.26. The van der Waals surface area contributed by atoms with Crippen molar-refractivity contribution in [3.05, 3.63) is 22.8 Å². The Bertz CT molecular complexity index is 499. The molecule has 0 aliphatic carbocycles. The second kappa shape index (κ2) is 7.51. The number of carbonyl (C=O) groups is 2. The molecule has 1 N–H and O–H groups in total. The number of rotatable bonds is 4. The Morgan fingerprint density at radius 3 is 2.71 bits per heavy atom. The number of halogens is 1. The predicted molar refractivity (Wildman–Crippen MR) is 81.7 cm³/mol. The quantitative estimate of drug-likeness (QED) is 0.831. The zero-order valence-electron chi connectivity index (χ0n) is 11.8. The molecular weight excluding hydrogens is 338 g/mol. The average Bonchev–Trinajstić information content (AvgIpc) is 2.49. The van der Waals surface area contributed by atoms with Crippen LogP contribution in [0.4, 0.5) is 5.82 Å². The Kier molecular flexibility index (Phi) is 5.69. The summed E-state index contributed by atoms with van der Waals surface area (Å²) in [4.78, 5) is 29.5. The van der Waals surface area contributed by atoms with Crippen LogP contribution in [0.3, 0.4) is 0 Å². The monoisotopic (exact) mass is 355 g/mol. The number of nitrogens with one attached hydrogen (secondary N) is 1. The molecule has 0 spiro atoms. The lowest BCUT2D eigenvalue weighted by Crippen LogP contribution is -2.41. The van der Waals surface area contributed by atoms with Crippen molar-refractivity contribution in [3.8, 4) is 0 Å². The van der Waals surface area contributed by atoms with E-state index in [-0.39, 0.29) is 17.8 Å². The minimum Gasteiger partial charge on any atom is -0.469 e. The number of esters is 1. The second-order valence-electron chi connectivity index (χ2n) is 4.98. The van der Waals surface area contributed by atoms with Gasteiger partial charge in [-0.05, 0) is 54.0 Å². The van der Waals surface area contributed by atoms with E-state index < -0.39 is 0 Å². The van der Waals surface area contributed by atoms with Crippen LogP contribution in [-0.2, 0) is 14.3 Å². The number of pyridine rings is 1. The fourth-order valence-electron chi connectivity index (χ4n) is 2.33. The van der Waals surface area contributed by atoms with E-state index in [0.717, 1.165) is 30.4 Å². The summed E-state index contributed by atoms with van der Waals surface area (Å²) in [6.45, 7) is 1.76. The predicted octanol–water partition coefficient (Wildman–Crippen LogP) is 1.67. The number of nitrogens with zero attached hydrogens (tertiary/aromatic N) is 2. The van der Waals surface area contributed by atoms with Crippen LogP contribution in [0.1, 0.15) is 12.8 Å². The minimum atomic E-state index is -0.154. The highest BCUT2D eigenvalue weighted by molar-refractivity contribution is 9.10. The average molecular weight is 356 g/mol. The first kappa shape index (κ1) is 15.9. The zero-order chi connectivity index (χ0) is 15.2. The minimum absolute atomic E-state index is 0.0394. The number of hydrogen-bond acceptors (Lipinski definition) is 5. The number of likely N-dealkylation sites (tertiary alicyclic amines) is 1. The van der Waals surface area contributed by atoms with Crippen molar-refractivity contribution in [1.82, 2.24) is 9.88 Å². The number of ether oxygens (including phenoxy) is 1. The van der Waals surface area contributed by atoms with Gasteiger partial charge >= 0.3 is 5.97 Å². The van der Waals surface area contributed by atoms with Gasteiger partial charge in [-0.15, -0.1) is 0 Å². The van der Waals surface area contributed by atoms with Crippen molar-refractivity contribution in [2.24, 2.45) is 5.92 Å². The number of amides is 1. The van der Waals surface area contributed by atoms with Crippen molar-refractivity contribution in [3.63, 3.8) is 0 Å². The summed E-state index contributed by atoms with van der Waals surface area (Å²) in [6.07, 6.45) is 3.10. The van der Waals surface area contributed by atoms with E-state index in [9.17, 15) is 9.59 Å². The van der Waals surface area contributed by atoms with Crippen LogP contribution in [0.2, 0.25) is 0 Å². The first-order chi connectivity index (χ1) is 10.1. The fourth-order valence-corrected chi connectivity index (χ4v) is 2.56. The van der Waals surface area contributed by atoms with Gasteiger partial charge in [-0.1, -0.05) is 0 Å².